The van der Waals surface area contributed by atoms with E-state index in [1.54, 1.807) is 27.7 Å². The largest absolute Gasteiger partial charge is 0.746 e. The molecule has 2 aliphatic heterocycles. The first-order valence-corrected chi connectivity index (χ1v) is 11.3. The lowest BCUT2D eigenvalue weighted by Gasteiger charge is -2.30. The van der Waals surface area contributed by atoms with Crippen LogP contribution >= 0.6 is 7.82 Å². The van der Waals surface area contributed by atoms with Gasteiger partial charge in [0.15, 0.2) is 6.10 Å². The Morgan fingerprint density at radius 1 is 1.21 bits per heavy atom. The highest BCUT2D eigenvalue weighted by Crippen LogP contribution is 2.44. The molecule has 2 saturated heterocycles. The first-order chi connectivity index (χ1) is 13.4. The summed E-state index contributed by atoms with van der Waals surface area (Å²) in [7, 11) is -5.11. The van der Waals surface area contributed by atoms with E-state index in [1.807, 2.05) is 13.8 Å². The van der Waals surface area contributed by atoms with Crippen molar-refractivity contribution in [3.05, 3.63) is 0 Å². The van der Waals surface area contributed by atoms with Gasteiger partial charge in [-0.05, 0) is 41.5 Å². The lowest BCUT2D eigenvalue weighted by Crippen LogP contribution is -2.39. The molecule has 170 valence electrons. The van der Waals surface area contributed by atoms with Crippen molar-refractivity contribution >= 4 is 13.8 Å². The number of phosphoric ester groups is 1. The predicted octanol–water partition coefficient (Wildman–Crippen LogP) is 0.927. The van der Waals surface area contributed by atoms with Gasteiger partial charge >= 0.3 is 13.8 Å². The van der Waals surface area contributed by atoms with Crippen molar-refractivity contribution in [2.75, 3.05) is 6.61 Å². The maximum Gasteiger partial charge on any atom is 0.343 e. The average Bonchev–Trinajstić information content (AvgIpc) is 3.06. The Morgan fingerprint density at radius 2 is 1.86 bits per heavy atom. The van der Waals surface area contributed by atoms with E-state index in [2.05, 4.69) is 4.52 Å². The third kappa shape index (κ3) is 6.97. The summed E-state index contributed by atoms with van der Waals surface area (Å²) in [6.45, 7) is 10.6. The van der Waals surface area contributed by atoms with Crippen molar-refractivity contribution in [3.8, 4) is 0 Å². The van der Waals surface area contributed by atoms with E-state index in [1.165, 1.54) is 0 Å². The SMILES string of the molecule is CC(C)OC[C@H]1O[C@@H](C)C(O)C1OP(=O)([O-])OC(=O)[C@H]1O[C@@H](C)CC1OC(C)C. The summed E-state index contributed by atoms with van der Waals surface area (Å²) in [5, 5.41) is 10.2. The molecule has 0 spiro atoms. The van der Waals surface area contributed by atoms with E-state index in [9.17, 15) is 19.4 Å². The van der Waals surface area contributed by atoms with Gasteiger partial charge in [0, 0.05) is 6.42 Å². The summed E-state index contributed by atoms with van der Waals surface area (Å²) < 4.78 is 44.0. The molecule has 0 aromatic carbocycles. The number of ether oxygens (including phenoxy) is 4. The van der Waals surface area contributed by atoms with Gasteiger partial charge in [0.25, 0.3) is 0 Å². The Bertz CT molecular complexity index is 597. The van der Waals surface area contributed by atoms with Crippen LogP contribution in [0.15, 0.2) is 0 Å². The molecule has 8 atom stereocenters. The topological polar surface area (TPSA) is 133 Å². The molecular formula is C18H32O10P-. The molecule has 11 heteroatoms. The quantitative estimate of drug-likeness (QED) is 0.517. The lowest BCUT2D eigenvalue weighted by molar-refractivity contribution is -0.235. The van der Waals surface area contributed by atoms with Crippen LogP contribution in [0.5, 0.6) is 0 Å². The van der Waals surface area contributed by atoms with Crippen molar-refractivity contribution in [1.29, 1.82) is 0 Å². The van der Waals surface area contributed by atoms with Gasteiger partial charge in [-0.15, -0.1) is 0 Å². The maximum atomic E-state index is 12.4. The number of carbonyl (C=O) groups is 1. The number of rotatable bonds is 9. The lowest BCUT2D eigenvalue weighted by atomic mass is 10.1. The van der Waals surface area contributed by atoms with Gasteiger partial charge in [-0.2, -0.15) is 0 Å². The summed E-state index contributed by atoms with van der Waals surface area (Å²) in [6.07, 6.45) is -5.93. The minimum atomic E-state index is -5.11. The Hall–Kier alpha value is -0.580. The molecule has 2 rings (SSSR count). The van der Waals surface area contributed by atoms with E-state index in [0.717, 1.165) is 0 Å². The zero-order valence-electron chi connectivity index (χ0n) is 17.7. The molecule has 2 heterocycles. The number of hydrogen-bond acceptors (Lipinski definition) is 10. The molecule has 10 nitrogen and oxygen atoms in total. The molecule has 0 bridgehead atoms. The smallest absolute Gasteiger partial charge is 0.343 e. The molecule has 0 aliphatic carbocycles. The van der Waals surface area contributed by atoms with Crippen LogP contribution in [0.25, 0.3) is 0 Å². The van der Waals surface area contributed by atoms with Crippen molar-refractivity contribution in [2.45, 2.75) is 103 Å². The Labute approximate surface area is 171 Å². The highest BCUT2D eigenvalue weighted by Gasteiger charge is 2.46. The van der Waals surface area contributed by atoms with Crippen molar-refractivity contribution in [2.24, 2.45) is 0 Å². The predicted molar refractivity (Wildman–Crippen MR) is 99.0 cm³/mol. The summed E-state index contributed by atoms with van der Waals surface area (Å²) in [4.78, 5) is 24.8. The van der Waals surface area contributed by atoms with Crippen LogP contribution in [0.1, 0.15) is 48.0 Å². The Balaban J connectivity index is 2.01. The second kappa shape index (κ2) is 10.2. The third-order valence-electron chi connectivity index (χ3n) is 4.58. The fourth-order valence-electron chi connectivity index (χ4n) is 3.33. The van der Waals surface area contributed by atoms with Crippen molar-refractivity contribution < 1.29 is 47.4 Å². The highest BCUT2D eigenvalue weighted by molar-refractivity contribution is 7.46. The molecule has 2 fully saturated rings. The molecule has 0 aromatic heterocycles. The van der Waals surface area contributed by atoms with Gasteiger partial charge in [-0.3, -0.25) is 4.57 Å². The number of carbonyl (C=O) groups excluding carboxylic acids is 1. The van der Waals surface area contributed by atoms with E-state index in [-0.39, 0.29) is 24.9 Å². The summed E-state index contributed by atoms with van der Waals surface area (Å²) >= 11 is 0. The van der Waals surface area contributed by atoms with E-state index < -0.39 is 50.4 Å². The van der Waals surface area contributed by atoms with Gasteiger partial charge in [-0.25, -0.2) is 4.79 Å². The number of aliphatic hydroxyl groups is 1. The second-order valence-electron chi connectivity index (χ2n) is 8.01. The van der Waals surface area contributed by atoms with Crippen LogP contribution in [0.3, 0.4) is 0 Å². The molecule has 0 saturated carbocycles. The maximum absolute atomic E-state index is 12.4. The molecular weight excluding hydrogens is 407 g/mol. The van der Waals surface area contributed by atoms with Crippen LogP contribution < -0.4 is 4.89 Å². The first kappa shape index (κ1) is 24.7. The summed E-state index contributed by atoms with van der Waals surface area (Å²) in [5.41, 5.74) is 0. The monoisotopic (exact) mass is 439 g/mol. The van der Waals surface area contributed by atoms with E-state index >= 15 is 0 Å². The zero-order valence-corrected chi connectivity index (χ0v) is 18.6. The fraction of sp³-hybridized carbons (Fsp3) is 0.944. The fourth-order valence-corrected chi connectivity index (χ4v) is 4.26. The van der Waals surface area contributed by atoms with Crippen LogP contribution in [0, 0.1) is 0 Å². The number of aliphatic hydroxyl groups excluding tert-OH is 1. The number of phosphoric acid groups is 1. The van der Waals surface area contributed by atoms with Gasteiger partial charge in [0.2, 0.25) is 0 Å². The summed E-state index contributed by atoms with van der Waals surface area (Å²) in [6, 6.07) is 0. The van der Waals surface area contributed by atoms with E-state index in [4.69, 9.17) is 23.5 Å². The van der Waals surface area contributed by atoms with Crippen molar-refractivity contribution in [1.82, 2.24) is 0 Å². The van der Waals surface area contributed by atoms with Crippen LogP contribution in [0.2, 0.25) is 0 Å². The standard InChI is InChI=1S/C18H33O10P/c1-9(2)23-8-14-16(15(19)12(6)26-14)27-29(21,22)28-18(20)17-13(24-10(3)4)7-11(5)25-17/h9-17,19H,7-8H2,1-6H3,(H,21,22)/p-1/t11-,12-,13?,14+,15?,16?,17-/m0/s1. The van der Waals surface area contributed by atoms with Gasteiger partial charge in [0.1, 0.15) is 18.3 Å². The molecule has 29 heavy (non-hydrogen) atoms. The minimum absolute atomic E-state index is 0.0191. The normalized spacial score (nSPS) is 37.2. The number of hydrogen-bond donors (Lipinski definition) is 1. The van der Waals surface area contributed by atoms with Crippen LogP contribution in [0.4, 0.5) is 0 Å². The molecule has 0 aromatic rings. The third-order valence-corrected chi connectivity index (χ3v) is 5.49. The molecule has 1 N–H and O–H groups in total. The highest BCUT2D eigenvalue weighted by atomic mass is 31.2. The molecule has 4 unspecified atom stereocenters. The Kier molecular flexibility index (Phi) is 8.64. The Morgan fingerprint density at radius 3 is 2.45 bits per heavy atom. The first-order valence-electron chi connectivity index (χ1n) is 9.88. The second-order valence-corrected chi connectivity index (χ2v) is 9.29. The molecule has 0 amide bonds. The van der Waals surface area contributed by atoms with Crippen LogP contribution in [-0.2, 0) is 37.4 Å². The summed E-state index contributed by atoms with van der Waals surface area (Å²) in [5.74, 6) is -1.12. The average molecular weight is 439 g/mol. The minimum Gasteiger partial charge on any atom is -0.746 e. The van der Waals surface area contributed by atoms with Gasteiger partial charge in [-0.1, -0.05) is 0 Å². The van der Waals surface area contributed by atoms with Gasteiger partial charge in [0.05, 0.1) is 37.1 Å². The molecule has 2 aliphatic rings. The zero-order chi connectivity index (χ0) is 21.9. The van der Waals surface area contributed by atoms with Crippen LogP contribution in [-0.4, -0.2) is 72.6 Å². The van der Waals surface area contributed by atoms with Gasteiger partial charge < -0.3 is 38.0 Å². The van der Waals surface area contributed by atoms with Crippen molar-refractivity contribution in [3.63, 3.8) is 0 Å². The molecule has 0 radical (unpaired) electrons. The van der Waals surface area contributed by atoms with E-state index in [0.29, 0.717) is 6.42 Å².